The van der Waals surface area contributed by atoms with Crippen molar-refractivity contribution in [3.05, 3.63) is 0 Å². The number of nitrogens with zero attached hydrogens (tertiary/aromatic N) is 1. The first kappa shape index (κ1) is 14.1. The third kappa shape index (κ3) is 3.59. The summed E-state index contributed by atoms with van der Waals surface area (Å²) in [6.07, 6.45) is 2.74. The summed E-state index contributed by atoms with van der Waals surface area (Å²) >= 11 is 0. The lowest BCUT2D eigenvalue weighted by Gasteiger charge is -2.31. The third-order valence-electron chi connectivity index (χ3n) is 4.18. The monoisotopic (exact) mass is 270 g/mol. The van der Waals surface area contributed by atoms with E-state index in [0.717, 1.165) is 0 Å². The summed E-state index contributed by atoms with van der Waals surface area (Å²) in [4.78, 5) is 24.4. The van der Waals surface area contributed by atoms with E-state index in [2.05, 4.69) is 12.2 Å². The number of amides is 2. The van der Waals surface area contributed by atoms with Crippen LogP contribution in [-0.2, 0) is 9.53 Å². The van der Waals surface area contributed by atoms with E-state index >= 15 is 0 Å². The van der Waals surface area contributed by atoms with Crippen LogP contribution in [-0.4, -0.2) is 54.4 Å². The summed E-state index contributed by atoms with van der Waals surface area (Å²) in [6.45, 7) is 3.77. The number of hydrogen-bond acceptors (Lipinski definition) is 3. The number of carbonyl (C=O) groups excluding carboxylic acids is 1. The molecule has 2 aliphatic rings. The molecular weight excluding hydrogens is 248 g/mol. The maximum atomic E-state index is 12.0. The van der Waals surface area contributed by atoms with Crippen molar-refractivity contribution in [3.8, 4) is 0 Å². The summed E-state index contributed by atoms with van der Waals surface area (Å²) < 4.78 is 5.09. The molecule has 0 aromatic rings. The van der Waals surface area contributed by atoms with Crippen LogP contribution in [0.15, 0.2) is 0 Å². The third-order valence-corrected chi connectivity index (χ3v) is 4.18. The van der Waals surface area contributed by atoms with E-state index < -0.39 is 12.1 Å². The van der Waals surface area contributed by atoms with Gasteiger partial charge in [-0.2, -0.15) is 0 Å². The Morgan fingerprint density at radius 1 is 1.42 bits per heavy atom. The van der Waals surface area contributed by atoms with Gasteiger partial charge in [0.05, 0.1) is 13.2 Å². The van der Waals surface area contributed by atoms with E-state index in [0.29, 0.717) is 24.9 Å². The molecule has 1 aliphatic carbocycles. The van der Waals surface area contributed by atoms with Crippen LogP contribution in [0.4, 0.5) is 4.79 Å². The van der Waals surface area contributed by atoms with Crippen molar-refractivity contribution in [1.29, 1.82) is 0 Å². The number of morpholine rings is 1. The van der Waals surface area contributed by atoms with Gasteiger partial charge in [-0.15, -0.1) is 0 Å². The Balaban J connectivity index is 1.77. The van der Waals surface area contributed by atoms with Gasteiger partial charge in [0.25, 0.3) is 0 Å². The number of carboxylic acids is 1. The second-order valence-electron chi connectivity index (χ2n) is 5.50. The Labute approximate surface area is 113 Å². The summed E-state index contributed by atoms with van der Waals surface area (Å²) in [6, 6.07) is -0.173. The molecule has 2 fully saturated rings. The molecule has 0 aromatic carbocycles. The molecule has 0 radical (unpaired) electrons. The van der Waals surface area contributed by atoms with Crippen molar-refractivity contribution in [2.45, 2.75) is 32.3 Å². The largest absolute Gasteiger partial charge is 0.479 e. The fourth-order valence-electron chi connectivity index (χ4n) is 2.84. The van der Waals surface area contributed by atoms with Crippen molar-refractivity contribution in [1.82, 2.24) is 10.2 Å². The van der Waals surface area contributed by atoms with Gasteiger partial charge in [0.15, 0.2) is 6.10 Å². The van der Waals surface area contributed by atoms with Crippen LogP contribution in [0.3, 0.4) is 0 Å². The lowest BCUT2D eigenvalue weighted by atomic mass is 9.98. The van der Waals surface area contributed by atoms with Gasteiger partial charge in [-0.25, -0.2) is 9.59 Å². The Morgan fingerprint density at radius 3 is 2.84 bits per heavy atom. The quantitative estimate of drug-likeness (QED) is 0.799. The number of carboxylic acid groups (broad SMARTS) is 1. The standard InChI is InChI=1S/C13H22N2O4/c1-9-3-2-4-10(9)7-14-13(18)15-5-6-19-11(8-15)12(16)17/h9-11H,2-8H2,1H3,(H,14,18)(H,16,17). The second kappa shape index (κ2) is 6.23. The number of ether oxygens (including phenoxy) is 1. The molecule has 108 valence electrons. The molecule has 6 heteroatoms. The second-order valence-corrected chi connectivity index (χ2v) is 5.50. The number of aliphatic carboxylic acids is 1. The lowest BCUT2D eigenvalue weighted by molar-refractivity contribution is -0.154. The average molecular weight is 270 g/mol. The van der Waals surface area contributed by atoms with Gasteiger partial charge in [0.1, 0.15) is 0 Å². The Hall–Kier alpha value is -1.30. The predicted octanol–water partition coefficient (Wildman–Crippen LogP) is 0.918. The summed E-state index contributed by atoms with van der Waals surface area (Å²) in [5, 5.41) is 11.8. The van der Waals surface area contributed by atoms with Crippen molar-refractivity contribution < 1.29 is 19.4 Å². The first-order chi connectivity index (χ1) is 9.08. The Bertz CT molecular complexity index is 348. The van der Waals surface area contributed by atoms with Gasteiger partial charge >= 0.3 is 12.0 Å². The number of rotatable bonds is 3. The minimum absolute atomic E-state index is 0.126. The first-order valence-corrected chi connectivity index (χ1v) is 6.95. The van der Waals surface area contributed by atoms with E-state index in [4.69, 9.17) is 9.84 Å². The Kier molecular flexibility index (Phi) is 4.63. The van der Waals surface area contributed by atoms with Crippen LogP contribution < -0.4 is 5.32 Å². The van der Waals surface area contributed by atoms with Gasteiger partial charge in [0.2, 0.25) is 0 Å². The minimum Gasteiger partial charge on any atom is -0.479 e. The zero-order chi connectivity index (χ0) is 13.8. The first-order valence-electron chi connectivity index (χ1n) is 6.95. The molecule has 6 nitrogen and oxygen atoms in total. The average Bonchev–Trinajstić information content (AvgIpc) is 2.81. The maximum Gasteiger partial charge on any atom is 0.334 e. The molecule has 2 N–H and O–H groups in total. The molecule has 2 amide bonds. The molecule has 0 bridgehead atoms. The molecule has 1 aliphatic heterocycles. The molecule has 1 saturated heterocycles. The lowest BCUT2D eigenvalue weighted by Crippen LogP contribution is -2.52. The Morgan fingerprint density at radius 2 is 2.21 bits per heavy atom. The molecular formula is C13H22N2O4. The highest BCUT2D eigenvalue weighted by Gasteiger charge is 2.30. The van der Waals surface area contributed by atoms with Crippen LogP contribution in [0.5, 0.6) is 0 Å². The molecule has 2 rings (SSSR count). The zero-order valence-corrected chi connectivity index (χ0v) is 11.3. The SMILES string of the molecule is CC1CCCC1CNC(=O)N1CCOC(C(=O)O)C1. The van der Waals surface area contributed by atoms with E-state index in [-0.39, 0.29) is 19.2 Å². The number of urea groups is 1. The van der Waals surface area contributed by atoms with Crippen LogP contribution in [0, 0.1) is 11.8 Å². The predicted molar refractivity (Wildman–Crippen MR) is 68.9 cm³/mol. The maximum absolute atomic E-state index is 12.0. The fourth-order valence-corrected chi connectivity index (χ4v) is 2.84. The van der Waals surface area contributed by atoms with Gasteiger partial charge < -0.3 is 20.1 Å². The molecule has 0 aromatic heterocycles. The molecule has 1 heterocycles. The van der Waals surface area contributed by atoms with Crippen LogP contribution in [0.25, 0.3) is 0 Å². The van der Waals surface area contributed by atoms with E-state index in [9.17, 15) is 9.59 Å². The topological polar surface area (TPSA) is 78.9 Å². The number of hydrogen-bond donors (Lipinski definition) is 2. The van der Waals surface area contributed by atoms with E-state index in [1.807, 2.05) is 0 Å². The number of nitrogens with one attached hydrogen (secondary N) is 1. The zero-order valence-electron chi connectivity index (χ0n) is 11.3. The minimum atomic E-state index is -1.01. The fraction of sp³-hybridized carbons (Fsp3) is 0.846. The normalized spacial score (nSPS) is 31.2. The highest BCUT2D eigenvalue weighted by molar-refractivity contribution is 5.77. The molecule has 3 unspecified atom stereocenters. The van der Waals surface area contributed by atoms with Crippen molar-refractivity contribution in [2.24, 2.45) is 11.8 Å². The van der Waals surface area contributed by atoms with Gasteiger partial charge in [-0.05, 0) is 18.3 Å². The van der Waals surface area contributed by atoms with Gasteiger partial charge in [-0.1, -0.05) is 19.8 Å². The van der Waals surface area contributed by atoms with Gasteiger partial charge in [0, 0.05) is 13.1 Å². The van der Waals surface area contributed by atoms with Crippen LogP contribution in [0.1, 0.15) is 26.2 Å². The van der Waals surface area contributed by atoms with E-state index in [1.54, 1.807) is 0 Å². The molecule has 1 saturated carbocycles. The van der Waals surface area contributed by atoms with Gasteiger partial charge in [-0.3, -0.25) is 0 Å². The van der Waals surface area contributed by atoms with Crippen LogP contribution >= 0.6 is 0 Å². The van der Waals surface area contributed by atoms with Crippen molar-refractivity contribution >= 4 is 12.0 Å². The van der Waals surface area contributed by atoms with Crippen molar-refractivity contribution in [2.75, 3.05) is 26.2 Å². The number of carbonyl (C=O) groups is 2. The molecule has 19 heavy (non-hydrogen) atoms. The van der Waals surface area contributed by atoms with Crippen LogP contribution in [0.2, 0.25) is 0 Å². The summed E-state index contributed by atoms with van der Waals surface area (Å²) in [5.74, 6) is 0.207. The summed E-state index contributed by atoms with van der Waals surface area (Å²) in [7, 11) is 0. The highest BCUT2D eigenvalue weighted by atomic mass is 16.5. The smallest absolute Gasteiger partial charge is 0.334 e. The van der Waals surface area contributed by atoms with E-state index in [1.165, 1.54) is 24.2 Å². The summed E-state index contributed by atoms with van der Waals surface area (Å²) in [5.41, 5.74) is 0. The molecule has 3 atom stereocenters. The highest BCUT2D eigenvalue weighted by Crippen LogP contribution is 2.30. The molecule has 0 spiro atoms. The van der Waals surface area contributed by atoms with Crippen molar-refractivity contribution in [3.63, 3.8) is 0 Å².